The maximum absolute atomic E-state index is 5.24. The van der Waals surface area contributed by atoms with E-state index in [1.807, 2.05) is 42.1 Å². The molecule has 0 saturated heterocycles. The first kappa shape index (κ1) is 13.8. The minimum Gasteiger partial charge on any atom is -0.497 e. The van der Waals surface area contributed by atoms with E-state index in [2.05, 4.69) is 36.5 Å². The van der Waals surface area contributed by atoms with E-state index in [1.165, 1.54) is 10.6 Å². The van der Waals surface area contributed by atoms with E-state index >= 15 is 0 Å². The quantitative estimate of drug-likeness (QED) is 0.793. The SMILES string of the molecule is COc1cccc(SC(C)CNc2ccccc2)c1. The Hall–Kier alpha value is -1.61. The molecule has 0 heterocycles. The Labute approximate surface area is 119 Å². The fourth-order valence-corrected chi connectivity index (χ4v) is 2.74. The number of anilines is 1. The lowest BCUT2D eigenvalue weighted by atomic mass is 10.3. The van der Waals surface area contributed by atoms with E-state index < -0.39 is 0 Å². The van der Waals surface area contributed by atoms with E-state index in [0.717, 1.165) is 12.3 Å². The second-order valence-electron chi connectivity index (χ2n) is 4.35. The van der Waals surface area contributed by atoms with Crippen LogP contribution in [0.1, 0.15) is 6.92 Å². The van der Waals surface area contributed by atoms with Gasteiger partial charge in [-0.25, -0.2) is 0 Å². The molecule has 0 aliphatic heterocycles. The van der Waals surface area contributed by atoms with Crippen LogP contribution in [0.3, 0.4) is 0 Å². The van der Waals surface area contributed by atoms with Crippen LogP contribution in [-0.2, 0) is 0 Å². The second kappa shape index (κ2) is 7.10. The predicted octanol–water partition coefficient (Wildman–Crippen LogP) is 4.29. The van der Waals surface area contributed by atoms with Crippen LogP contribution in [0.15, 0.2) is 59.5 Å². The van der Waals surface area contributed by atoms with Crippen LogP contribution in [-0.4, -0.2) is 18.9 Å². The van der Waals surface area contributed by atoms with Gasteiger partial charge in [-0.15, -0.1) is 11.8 Å². The highest BCUT2D eigenvalue weighted by atomic mass is 32.2. The van der Waals surface area contributed by atoms with Gasteiger partial charge in [-0.3, -0.25) is 0 Å². The normalized spacial score (nSPS) is 11.9. The summed E-state index contributed by atoms with van der Waals surface area (Å²) in [7, 11) is 1.70. The molecule has 0 amide bonds. The number of para-hydroxylation sites is 1. The van der Waals surface area contributed by atoms with Crippen molar-refractivity contribution in [3.8, 4) is 5.75 Å². The van der Waals surface area contributed by atoms with Gasteiger partial charge in [0.25, 0.3) is 0 Å². The summed E-state index contributed by atoms with van der Waals surface area (Å²) in [6.07, 6.45) is 0. The molecule has 1 unspecified atom stereocenters. The number of hydrogen-bond acceptors (Lipinski definition) is 3. The largest absolute Gasteiger partial charge is 0.497 e. The molecule has 0 saturated carbocycles. The fraction of sp³-hybridized carbons (Fsp3) is 0.250. The third-order valence-electron chi connectivity index (χ3n) is 2.75. The van der Waals surface area contributed by atoms with Crippen molar-refractivity contribution in [3.63, 3.8) is 0 Å². The van der Waals surface area contributed by atoms with Crippen LogP contribution < -0.4 is 10.1 Å². The van der Waals surface area contributed by atoms with Crippen molar-refractivity contribution in [2.75, 3.05) is 19.0 Å². The maximum atomic E-state index is 5.24. The van der Waals surface area contributed by atoms with Crippen LogP contribution in [0.5, 0.6) is 5.75 Å². The molecule has 0 bridgehead atoms. The Morgan fingerprint density at radius 3 is 2.63 bits per heavy atom. The molecule has 19 heavy (non-hydrogen) atoms. The van der Waals surface area contributed by atoms with Crippen molar-refractivity contribution < 1.29 is 4.74 Å². The number of rotatable bonds is 6. The van der Waals surface area contributed by atoms with Gasteiger partial charge in [-0.1, -0.05) is 31.2 Å². The topological polar surface area (TPSA) is 21.3 Å². The molecule has 0 fully saturated rings. The summed E-state index contributed by atoms with van der Waals surface area (Å²) < 4.78 is 5.24. The first-order valence-corrected chi connectivity index (χ1v) is 7.25. The minimum atomic E-state index is 0.493. The van der Waals surface area contributed by atoms with Gasteiger partial charge < -0.3 is 10.1 Å². The Morgan fingerprint density at radius 1 is 1.11 bits per heavy atom. The highest BCUT2D eigenvalue weighted by Gasteiger charge is 2.05. The summed E-state index contributed by atoms with van der Waals surface area (Å²) >= 11 is 1.85. The first-order valence-electron chi connectivity index (χ1n) is 6.37. The van der Waals surface area contributed by atoms with Gasteiger partial charge in [0.15, 0.2) is 0 Å². The number of methoxy groups -OCH3 is 1. The van der Waals surface area contributed by atoms with Crippen LogP contribution in [0, 0.1) is 0 Å². The van der Waals surface area contributed by atoms with Gasteiger partial charge in [0.05, 0.1) is 7.11 Å². The number of nitrogens with one attached hydrogen (secondary N) is 1. The summed E-state index contributed by atoms with van der Waals surface area (Å²) in [4.78, 5) is 1.24. The molecule has 0 spiro atoms. The molecule has 2 rings (SSSR count). The third kappa shape index (κ3) is 4.52. The molecule has 1 N–H and O–H groups in total. The van der Waals surface area contributed by atoms with Gasteiger partial charge >= 0.3 is 0 Å². The highest BCUT2D eigenvalue weighted by Crippen LogP contribution is 2.26. The molecule has 1 atom stereocenters. The Bertz CT molecular complexity index is 501. The average Bonchev–Trinajstić information content (AvgIpc) is 2.46. The second-order valence-corrected chi connectivity index (χ2v) is 5.87. The molecule has 0 aliphatic carbocycles. The van der Waals surface area contributed by atoms with E-state index in [1.54, 1.807) is 7.11 Å². The molecule has 100 valence electrons. The zero-order valence-electron chi connectivity index (χ0n) is 11.3. The minimum absolute atomic E-state index is 0.493. The summed E-state index contributed by atoms with van der Waals surface area (Å²) in [6.45, 7) is 3.16. The van der Waals surface area contributed by atoms with Crippen LogP contribution in [0.25, 0.3) is 0 Å². The number of thioether (sulfide) groups is 1. The molecular weight excluding hydrogens is 254 g/mol. The lowest BCUT2D eigenvalue weighted by molar-refractivity contribution is 0.413. The molecule has 3 heteroatoms. The van der Waals surface area contributed by atoms with Crippen LogP contribution in [0.4, 0.5) is 5.69 Å². The Kier molecular flexibility index (Phi) is 5.16. The molecule has 0 radical (unpaired) electrons. The molecule has 2 nitrogen and oxygen atoms in total. The van der Waals surface area contributed by atoms with Crippen molar-refractivity contribution in [2.24, 2.45) is 0 Å². The van der Waals surface area contributed by atoms with E-state index in [-0.39, 0.29) is 0 Å². The van der Waals surface area contributed by atoms with Crippen molar-refractivity contribution >= 4 is 17.4 Å². The van der Waals surface area contributed by atoms with Crippen molar-refractivity contribution in [1.29, 1.82) is 0 Å². The van der Waals surface area contributed by atoms with Gasteiger partial charge in [0, 0.05) is 22.4 Å². The number of benzene rings is 2. The summed E-state index contributed by atoms with van der Waals surface area (Å²) in [5, 5.41) is 3.93. The zero-order valence-corrected chi connectivity index (χ0v) is 12.1. The fourth-order valence-electron chi connectivity index (χ4n) is 1.77. The summed E-state index contributed by atoms with van der Waals surface area (Å²) in [6, 6.07) is 18.5. The lowest BCUT2D eigenvalue weighted by Gasteiger charge is -2.13. The lowest BCUT2D eigenvalue weighted by Crippen LogP contribution is -2.12. The van der Waals surface area contributed by atoms with Gasteiger partial charge in [-0.2, -0.15) is 0 Å². The number of hydrogen-bond donors (Lipinski definition) is 1. The molecule has 2 aromatic carbocycles. The molecular formula is C16H19NOS. The smallest absolute Gasteiger partial charge is 0.119 e. The van der Waals surface area contributed by atoms with E-state index in [0.29, 0.717) is 5.25 Å². The van der Waals surface area contributed by atoms with Crippen LogP contribution >= 0.6 is 11.8 Å². The average molecular weight is 273 g/mol. The van der Waals surface area contributed by atoms with Crippen molar-refractivity contribution in [3.05, 3.63) is 54.6 Å². The van der Waals surface area contributed by atoms with Crippen molar-refractivity contribution in [1.82, 2.24) is 0 Å². The molecule has 0 aliphatic rings. The number of ether oxygens (including phenoxy) is 1. The third-order valence-corrected chi connectivity index (χ3v) is 3.84. The van der Waals surface area contributed by atoms with Gasteiger partial charge in [0.1, 0.15) is 5.75 Å². The highest BCUT2D eigenvalue weighted by molar-refractivity contribution is 8.00. The standard InChI is InChI=1S/C16H19NOS/c1-13(12-17-14-7-4-3-5-8-14)19-16-10-6-9-15(11-16)18-2/h3-11,13,17H,12H2,1-2H3. The zero-order chi connectivity index (χ0) is 13.5. The maximum Gasteiger partial charge on any atom is 0.119 e. The monoisotopic (exact) mass is 273 g/mol. The van der Waals surface area contributed by atoms with Crippen LogP contribution in [0.2, 0.25) is 0 Å². The molecule has 2 aromatic rings. The summed E-state index contributed by atoms with van der Waals surface area (Å²) in [5.41, 5.74) is 1.17. The van der Waals surface area contributed by atoms with E-state index in [9.17, 15) is 0 Å². The Morgan fingerprint density at radius 2 is 1.89 bits per heavy atom. The van der Waals surface area contributed by atoms with Gasteiger partial charge in [-0.05, 0) is 30.3 Å². The predicted molar refractivity (Wildman–Crippen MR) is 83.2 cm³/mol. The molecule has 0 aromatic heterocycles. The van der Waals surface area contributed by atoms with Crippen molar-refractivity contribution in [2.45, 2.75) is 17.1 Å². The Balaban J connectivity index is 1.85. The first-order chi connectivity index (χ1) is 9.28. The van der Waals surface area contributed by atoms with E-state index in [4.69, 9.17) is 4.74 Å². The summed E-state index contributed by atoms with van der Waals surface area (Å²) in [5.74, 6) is 0.910. The van der Waals surface area contributed by atoms with Gasteiger partial charge in [0.2, 0.25) is 0 Å².